The predicted molar refractivity (Wildman–Crippen MR) is 50.8 cm³/mol. The van der Waals surface area contributed by atoms with Gasteiger partial charge in [0.1, 0.15) is 5.52 Å². The largest absolute Gasteiger partial charge is 0.494 e. The van der Waals surface area contributed by atoms with E-state index in [1.807, 2.05) is 6.92 Å². The average Bonchev–Trinajstić information content (AvgIpc) is 2.18. The maximum absolute atomic E-state index is 13.6. The first kappa shape index (κ1) is 8.87. The van der Waals surface area contributed by atoms with Crippen LogP contribution in [-0.4, -0.2) is 17.1 Å². The number of halogens is 1. The lowest BCUT2D eigenvalue weighted by Crippen LogP contribution is -1.94. The molecule has 4 heteroatoms. The summed E-state index contributed by atoms with van der Waals surface area (Å²) in [5.41, 5.74) is 1.56. The summed E-state index contributed by atoms with van der Waals surface area (Å²) in [6.07, 6.45) is 1.53. The first-order chi connectivity index (χ1) is 6.72. The van der Waals surface area contributed by atoms with Gasteiger partial charge in [-0.25, -0.2) is 14.4 Å². The fourth-order valence-electron chi connectivity index (χ4n) is 1.28. The Kier molecular flexibility index (Phi) is 2.04. The van der Waals surface area contributed by atoms with Crippen LogP contribution in [0.5, 0.6) is 5.75 Å². The maximum Gasteiger partial charge on any atom is 0.192 e. The molecule has 0 aliphatic heterocycles. The molecule has 72 valence electrons. The molecular formula is C10H9FN2O. The fourth-order valence-corrected chi connectivity index (χ4v) is 1.28. The number of fused-ring (bicyclic) bond motifs is 1. The van der Waals surface area contributed by atoms with Crippen molar-refractivity contribution in [2.45, 2.75) is 6.92 Å². The van der Waals surface area contributed by atoms with Crippen molar-refractivity contribution in [1.29, 1.82) is 0 Å². The number of nitrogens with zero attached hydrogens (tertiary/aromatic N) is 2. The van der Waals surface area contributed by atoms with Crippen molar-refractivity contribution < 1.29 is 9.13 Å². The van der Waals surface area contributed by atoms with E-state index in [4.69, 9.17) is 4.74 Å². The lowest BCUT2D eigenvalue weighted by atomic mass is 10.2. The van der Waals surface area contributed by atoms with E-state index < -0.39 is 5.82 Å². The Hall–Kier alpha value is -1.71. The molecule has 0 amide bonds. The van der Waals surface area contributed by atoms with Crippen molar-refractivity contribution in [3.63, 3.8) is 0 Å². The number of benzene rings is 1. The van der Waals surface area contributed by atoms with Crippen molar-refractivity contribution in [2.75, 3.05) is 7.11 Å². The summed E-state index contributed by atoms with van der Waals surface area (Å²) in [6, 6.07) is 3.24. The van der Waals surface area contributed by atoms with Gasteiger partial charge in [0.15, 0.2) is 11.6 Å². The van der Waals surface area contributed by atoms with Gasteiger partial charge >= 0.3 is 0 Å². The average molecular weight is 192 g/mol. The lowest BCUT2D eigenvalue weighted by Gasteiger charge is -2.03. The maximum atomic E-state index is 13.6. The van der Waals surface area contributed by atoms with Crippen LogP contribution in [0.1, 0.15) is 5.69 Å². The molecule has 0 N–H and O–H groups in total. The summed E-state index contributed by atoms with van der Waals surface area (Å²) >= 11 is 0. The van der Waals surface area contributed by atoms with E-state index in [9.17, 15) is 4.39 Å². The molecule has 0 aliphatic rings. The minimum atomic E-state index is -0.461. The molecule has 0 atom stereocenters. The van der Waals surface area contributed by atoms with Crippen molar-refractivity contribution >= 4 is 11.0 Å². The number of hydrogen-bond donors (Lipinski definition) is 0. The third-order valence-corrected chi connectivity index (χ3v) is 1.96. The third kappa shape index (κ3) is 1.28. The summed E-state index contributed by atoms with van der Waals surface area (Å²) in [5, 5.41) is 0. The van der Waals surface area contributed by atoms with Crippen molar-refractivity contribution in [3.05, 3.63) is 29.8 Å². The summed E-state index contributed by atoms with van der Waals surface area (Å²) in [6.45, 7) is 1.81. The molecule has 14 heavy (non-hydrogen) atoms. The molecule has 0 unspecified atom stereocenters. The first-order valence-electron chi connectivity index (χ1n) is 4.18. The van der Waals surface area contributed by atoms with Crippen LogP contribution >= 0.6 is 0 Å². The van der Waals surface area contributed by atoms with Gasteiger partial charge in [-0.2, -0.15) is 0 Å². The van der Waals surface area contributed by atoms with E-state index in [1.165, 1.54) is 13.3 Å². The van der Waals surface area contributed by atoms with Crippen LogP contribution in [0.15, 0.2) is 18.3 Å². The Bertz CT molecular complexity index is 485. The molecular weight excluding hydrogens is 183 g/mol. The van der Waals surface area contributed by atoms with E-state index >= 15 is 0 Å². The minimum absolute atomic E-state index is 0.190. The highest BCUT2D eigenvalue weighted by Gasteiger charge is 2.09. The van der Waals surface area contributed by atoms with Crippen LogP contribution in [0.2, 0.25) is 0 Å². The van der Waals surface area contributed by atoms with Gasteiger partial charge in [0.05, 0.1) is 18.3 Å². The summed E-state index contributed by atoms with van der Waals surface area (Å²) in [7, 11) is 1.42. The van der Waals surface area contributed by atoms with E-state index in [2.05, 4.69) is 9.97 Å². The zero-order valence-electron chi connectivity index (χ0n) is 7.91. The quantitative estimate of drug-likeness (QED) is 0.693. The zero-order valence-corrected chi connectivity index (χ0v) is 7.91. The molecule has 0 aliphatic carbocycles. The molecule has 1 heterocycles. The van der Waals surface area contributed by atoms with Gasteiger partial charge in [-0.1, -0.05) is 0 Å². The SMILES string of the molecule is COc1ccc2nc(C)cnc2c1F. The van der Waals surface area contributed by atoms with E-state index in [0.29, 0.717) is 5.52 Å². The zero-order chi connectivity index (χ0) is 10.1. The fraction of sp³-hybridized carbons (Fsp3) is 0.200. The molecule has 2 aromatic rings. The highest BCUT2D eigenvalue weighted by Crippen LogP contribution is 2.23. The molecule has 1 aromatic carbocycles. The van der Waals surface area contributed by atoms with Crippen molar-refractivity contribution in [1.82, 2.24) is 9.97 Å². The van der Waals surface area contributed by atoms with Crippen LogP contribution < -0.4 is 4.74 Å². The number of aryl methyl sites for hydroxylation is 1. The molecule has 1 aromatic heterocycles. The standard InChI is InChI=1S/C10H9FN2O/c1-6-5-12-10-7(13-6)3-4-8(14-2)9(10)11/h3-5H,1-2H3. The van der Waals surface area contributed by atoms with E-state index in [-0.39, 0.29) is 11.3 Å². The topological polar surface area (TPSA) is 35.0 Å². The monoisotopic (exact) mass is 192 g/mol. The molecule has 0 saturated carbocycles. The van der Waals surface area contributed by atoms with Gasteiger partial charge < -0.3 is 4.74 Å². The molecule has 0 spiro atoms. The van der Waals surface area contributed by atoms with Gasteiger partial charge in [0.25, 0.3) is 0 Å². The number of hydrogen-bond acceptors (Lipinski definition) is 3. The van der Waals surface area contributed by atoms with Crippen LogP contribution in [0.3, 0.4) is 0 Å². The van der Waals surface area contributed by atoms with Gasteiger partial charge in [0.2, 0.25) is 0 Å². The Morgan fingerprint density at radius 1 is 1.36 bits per heavy atom. The minimum Gasteiger partial charge on any atom is -0.494 e. The van der Waals surface area contributed by atoms with E-state index in [0.717, 1.165) is 5.69 Å². The Morgan fingerprint density at radius 2 is 2.14 bits per heavy atom. The predicted octanol–water partition coefficient (Wildman–Crippen LogP) is 2.09. The molecule has 0 saturated heterocycles. The first-order valence-corrected chi connectivity index (χ1v) is 4.18. The van der Waals surface area contributed by atoms with Gasteiger partial charge in [-0.15, -0.1) is 0 Å². The van der Waals surface area contributed by atoms with Crippen LogP contribution in [0, 0.1) is 12.7 Å². The molecule has 0 radical (unpaired) electrons. The van der Waals surface area contributed by atoms with Gasteiger partial charge in [0, 0.05) is 6.20 Å². The number of ether oxygens (including phenoxy) is 1. The normalized spacial score (nSPS) is 10.5. The second kappa shape index (κ2) is 3.21. The third-order valence-electron chi connectivity index (χ3n) is 1.96. The summed E-state index contributed by atoms with van der Waals surface area (Å²) in [4.78, 5) is 8.13. The summed E-state index contributed by atoms with van der Waals surface area (Å²) in [5.74, 6) is -0.270. The highest BCUT2D eigenvalue weighted by atomic mass is 19.1. The lowest BCUT2D eigenvalue weighted by molar-refractivity contribution is 0.388. The molecule has 0 bridgehead atoms. The summed E-state index contributed by atoms with van der Waals surface area (Å²) < 4.78 is 18.4. The molecule has 2 rings (SSSR count). The second-order valence-electron chi connectivity index (χ2n) is 2.96. The smallest absolute Gasteiger partial charge is 0.192 e. The molecule has 0 fully saturated rings. The Morgan fingerprint density at radius 3 is 2.86 bits per heavy atom. The van der Waals surface area contributed by atoms with Crippen LogP contribution in [0.25, 0.3) is 11.0 Å². The second-order valence-corrected chi connectivity index (χ2v) is 2.96. The van der Waals surface area contributed by atoms with E-state index in [1.54, 1.807) is 12.1 Å². The van der Waals surface area contributed by atoms with Gasteiger partial charge in [-0.3, -0.25) is 0 Å². The number of rotatable bonds is 1. The molecule has 3 nitrogen and oxygen atoms in total. The Labute approximate surface area is 80.6 Å². The number of aromatic nitrogens is 2. The van der Waals surface area contributed by atoms with Crippen LogP contribution in [0.4, 0.5) is 4.39 Å². The van der Waals surface area contributed by atoms with Gasteiger partial charge in [-0.05, 0) is 19.1 Å². The van der Waals surface area contributed by atoms with Crippen LogP contribution in [-0.2, 0) is 0 Å². The van der Waals surface area contributed by atoms with Crippen molar-refractivity contribution in [3.8, 4) is 5.75 Å². The number of methoxy groups -OCH3 is 1. The highest BCUT2D eigenvalue weighted by molar-refractivity contribution is 5.76. The van der Waals surface area contributed by atoms with Crippen molar-refractivity contribution in [2.24, 2.45) is 0 Å². The Balaban J connectivity index is 2.77.